The highest BCUT2D eigenvalue weighted by Gasteiger charge is 2.25. The summed E-state index contributed by atoms with van der Waals surface area (Å²) in [5.41, 5.74) is -0.103. The van der Waals surface area contributed by atoms with E-state index >= 15 is 0 Å². The molecule has 1 aromatic rings. The molecule has 1 amide bonds. The van der Waals surface area contributed by atoms with Crippen molar-refractivity contribution < 1.29 is 18.3 Å². The number of cyclic esters (lactones) is 1. The molecule has 0 spiro atoms. The second-order valence-corrected chi connectivity index (χ2v) is 3.26. The molecule has 0 bridgehead atoms. The highest BCUT2D eigenvalue weighted by Crippen LogP contribution is 2.25. The van der Waals surface area contributed by atoms with Gasteiger partial charge in [0.05, 0.1) is 12.6 Å². The molecule has 1 N–H and O–H groups in total. The van der Waals surface area contributed by atoms with Crippen molar-refractivity contribution in [2.75, 3.05) is 6.61 Å². The van der Waals surface area contributed by atoms with Crippen molar-refractivity contribution in [3.63, 3.8) is 0 Å². The van der Waals surface area contributed by atoms with E-state index in [0.29, 0.717) is 6.42 Å². The Balaban J connectivity index is 2.32. The fourth-order valence-electron chi connectivity index (χ4n) is 1.59. The zero-order valence-electron chi connectivity index (χ0n) is 7.80. The summed E-state index contributed by atoms with van der Waals surface area (Å²) in [7, 11) is 0. The van der Waals surface area contributed by atoms with Gasteiger partial charge in [-0.2, -0.15) is 0 Å². The minimum absolute atomic E-state index is 0.103. The predicted molar refractivity (Wildman–Crippen MR) is 48.2 cm³/mol. The Labute approximate surface area is 85.0 Å². The summed E-state index contributed by atoms with van der Waals surface area (Å²) in [5.74, 6) is -1.30. The molecule has 0 unspecified atom stereocenters. The molecule has 0 aromatic heterocycles. The molecule has 5 heteroatoms. The number of ether oxygens (including phenoxy) is 1. The largest absolute Gasteiger partial charge is 0.449 e. The summed E-state index contributed by atoms with van der Waals surface area (Å²) in [4.78, 5) is 10.9. The third-order valence-corrected chi connectivity index (χ3v) is 2.28. The van der Waals surface area contributed by atoms with E-state index in [2.05, 4.69) is 10.1 Å². The van der Waals surface area contributed by atoms with Gasteiger partial charge in [0.25, 0.3) is 0 Å². The first-order valence-corrected chi connectivity index (χ1v) is 4.55. The third-order valence-electron chi connectivity index (χ3n) is 2.28. The van der Waals surface area contributed by atoms with Gasteiger partial charge in [-0.15, -0.1) is 0 Å². The number of carbonyl (C=O) groups excluding carboxylic acids is 1. The van der Waals surface area contributed by atoms with Crippen LogP contribution in [0.5, 0.6) is 0 Å². The number of alkyl carbamates (subject to hydrolysis) is 1. The molecule has 0 radical (unpaired) electrons. The molecule has 0 saturated carbocycles. The summed E-state index contributed by atoms with van der Waals surface area (Å²) in [6.45, 7) is 0.171. The van der Waals surface area contributed by atoms with E-state index < -0.39 is 23.8 Å². The lowest BCUT2D eigenvalue weighted by molar-refractivity contribution is 0.114. The van der Waals surface area contributed by atoms with E-state index in [9.17, 15) is 13.6 Å². The monoisotopic (exact) mass is 213 g/mol. The van der Waals surface area contributed by atoms with Gasteiger partial charge in [0.1, 0.15) is 11.6 Å². The molecule has 1 heterocycles. The first kappa shape index (κ1) is 9.89. The lowest BCUT2D eigenvalue weighted by atomic mass is 10.0. The van der Waals surface area contributed by atoms with Crippen molar-refractivity contribution in [2.24, 2.45) is 0 Å². The molecular formula is C10H9F2NO2. The fraction of sp³-hybridized carbons (Fsp3) is 0.300. The van der Waals surface area contributed by atoms with Crippen LogP contribution in [0.3, 0.4) is 0 Å². The van der Waals surface area contributed by atoms with E-state index in [1.54, 1.807) is 0 Å². The summed E-state index contributed by atoms with van der Waals surface area (Å²) in [5, 5.41) is 2.37. The number of benzene rings is 1. The van der Waals surface area contributed by atoms with Crippen molar-refractivity contribution in [2.45, 2.75) is 12.5 Å². The number of amides is 1. The quantitative estimate of drug-likeness (QED) is 0.776. The highest BCUT2D eigenvalue weighted by atomic mass is 19.1. The maximum absolute atomic E-state index is 13.3. The van der Waals surface area contributed by atoms with Crippen LogP contribution in [0.1, 0.15) is 18.0 Å². The first-order valence-electron chi connectivity index (χ1n) is 4.55. The smallest absolute Gasteiger partial charge is 0.407 e. The predicted octanol–water partition coefficient (Wildman–Crippen LogP) is 2.14. The molecule has 1 saturated heterocycles. The van der Waals surface area contributed by atoms with Crippen LogP contribution in [0.2, 0.25) is 0 Å². The van der Waals surface area contributed by atoms with Gasteiger partial charge in [-0.1, -0.05) is 6.07 Å². The van der Waals surface area contributed by atoms with Gasteiger partial charge in [-0.25, -0.2) is 13.6 Å². The second-order valence-electron chi connectivity index (χ2n) is 3.26. The van der Waals surface area contributed by atoms with Crippen LogP contribution in [0.15, 0.2) is 18.2 Å². The minimum atomic E-state index is -0.651. The van der Waals surface area contributed by atoms with Crippen molar-refractivity contribution in [1.82, 2.24) is 5.32 Å². The maximum atomic E-state index is 13.3. The topological polar surface area (TPSA) is 38.3 Å². The average Bonchev–Trinajstić information content (AvgIpc) is 2.17. The second kappa shape index (κ2) is 3.84. The van der Waals surface area contributed by atoms with Crippen molar-refractivity contribution in [3.05, 3.63) is 35.4 Å². The molecule has 1 aliphatic heterocycles. The highest BCUT2D eigenvalue weighted by molar-refractivity contribution is 5.68. The van der Waals surface area contributed by atoms with E-state index in [-0.39, 0.29) is 12.2 Å². The van der Waals surface area contributed by atoms with E-state index in [4.69, 9.17) is 0 Å². The van der Waals surface area contributed by atoms with Gasteiger partial charge in [0.15, 0.2) is 0 Å². The lowest BCUT2D eigenvalue weighted by Crippen LogP contribution is -2.36. The summed E-state index contributed by atoms with van der Waals surface area (Å²) < 4.78 is 31.3. The molecule has 2 rings (SSSR count). The number of hydrogen-bond donors (Lipinski definition) is 1. The standard InChI is InChI=1S/C10H9F2NO2/c11-6-2-1-3-7(12)9(6)8-4-5-15-10(14)13-8/h1-3,8H,4-5H2,(H,13,14)/t8-/m1/s1. The van der Waals surface area contributed by atoms with E-state index in [1.807, 2.05) is 0 Å². The van der Waals surface area contributed by atoms with E-state index in [1.165, 1.54) is 18.2 Å². The Hall–Kier alpha value is -1.65. The SMILES string of the molecule is O=C1N[C@@H](c2c(F)cccc2F)CCO1. The van der Waals surface area contributed by atoms with Crippen molar-refractivity contribution >= 4 is 6.09 Å². The van der Waals surface area contributed by atoms with Gasteiger partial charge < -0.3 is 10.1 Å². The lowest BCUT2D eigenvalue weighted by Gasteiger charge is -2.24. The Bertz CT molecular complexity index is 375. The summed E-state index contributed by atoms with van der Waals surface area (Å²) >= 11 is 0. The normalized spacial score (nSPS) is 20.7. The zero-order chi connectivity index (χ0) is 10.8. The zero-order valence-corrected chi connectivity index (χ0v) is 7.80. The molecular weight excluding hydrogens is 204 g/mol. The number of halogens is 2. The summed E-state index contributed by atoms with van der Waals surface area (Å²) in [6, 6.07) is 2.97. The summed E-state index contributed by atoms with van der Waals surface area (Å²) in [6.07, 6.45) is -0.280. The van der Waals surface area contributed by atoms with Gasteiger partial charge in [0.2, 0.25) is 0 Å². The molecule has 1 aromatic carbocycles. The molecule has 1 fully saturated rings. The van der Waals surface area contributed by atoms with Crippen LogP contribution in [-0.2, 0) is 4.74 Å². The number of rotatable bonds is 1. The Morgan fingerprint density at radius 1 is 1.33 bits per heavy atom. The third kappa shape index (κ3) is 1.91. The van der Waals surface area contributed by atoms with Crippen LogP contribution in [0.25, 0.3) is 0 Å². The van der Waals surface area contributed by atoms with Gasteiger partial charge >= 0.3 is 6.09 Å². The van der Waals surface area contributed by atoms with Crippen LogP contribution in [0, 0.1) is 11.6 Å². The fourth-order valence-corrected chi connectivity index (χ4v) is 1.59. The maximum Gasteiger partial charge on any atom is 0.407 e. The average molecular weight is 213 g/mol. The molecule has 1 aliphatic rings. The van der Waals surface area contributed by atoms with E-state index in [0.717, 1.165) is 0 Å². The molecule has 80 valence electrons. The Morgan fingerprint density at radius 2 is 2.00 bits per heavy atom. The van der Waals surface area contributed by atoms with Crippen molar-refractivity contribution in [3.8, 4) is 0 Å². The van der Waals surface area contributed by atoms with Crippen LogP contribution >= 0.6 is 0 Å². The first-order chi connectivity index (χ1) is 7.18. The number of carbonyl (C=O) groups is 1. The van der Waals surface area contributed by atoms with Crippen LogP contribution in [-0.4, -0.2) is 12.7 Å². The minimum Gasteiger partial charge on any atom is -0.449 e. The molecule has 15 heavy (non-hydrogen) atoms. The molecule has 1 atom stereocenters. The number of hydrogen-bond acceptors (Lipinski definition) is 2. The molecule has 0 aliphatic carbocycles. The van der Waals surface area contributed by atoms with Gasteiger partial charge in [-0.05, 0) is 12.1 Å². The van der Waals surface area contributed by atoms with Crippen molar-refractivity contribution in [1.29, 1.82) is 0 Å². The molecule has 3 nitrogen and oxygen atoms in total. The van der Waals surface area contributed by atoms with Gasteiger partial charge in [-0.3, -0.25) is 0 Å². The van der Waals surface area contributed by atoms with Gasteiger partial charge in [0, 0.05) is 12.0 Å². The number of nitrogens with one attached hydrogen (secondary N) is 1. The Kier molecular flexibility index (Phi) is 2.53. The van der Waals surface area contributed by atoms with Crippen LogP contribution < -0.4 is 5.32 Å². The van der Waals surface area contributed by atoms with Crippen LogP contribution in [0.4, 0.5) is 13.6 Å². The Morgan fingerprint density at radius 3 is 2.60 bits per heavy atom.